The van der Waals surface area contributed by atoms with Crippen molar-refractivity contribution in [3.8, 4) is 0 Å². The molecule has 0 fully saturated rings. The zero-order valence-electron chi connectivity index (χ0n) is 20.2. The molecule has 0 atom stereocenters. The fraction of sp³-hybridized carbons (Fsp3) is 0. The third-order valence-electron chi connectivity index (χ3n) is 6.27. The first kappa shape index (κ1) is 25.4. The van der Waals surface area contributed by atoms with Crippen molar-refractivity contribution in [3.63, 3.8) is 0 Å². The Hall–Kier alpha value is -3.90. The Morgan fingerprint density at radius 1 is 0.410 bits per heavy atom. The predicted octanol–water partition coefficient (Wildman–Crippen LogP) is 8.04. The van der Waals surface area contributed by atoms with Crippen molar-refractivity contribution < 1.29 is 15.1 Å². The number of benzene rings is 3. The molecule has 0 N–H and O–H groups in total. The summed E-state index contributed by atoms with van der Waals surface area (Å²) >= 11 is -0.226. The third-order valence-corrected chi connectivity index (χ3v) is 6.27. The number of fused-ring (bicyclic) bond motifs is 10. The summed E-state index contributed by atoms with van der Waals surface area (Å²) in [6, 6.07) is 28.0. The Bertz CT molecular complexity index is 1960. The minimum absolute atomic E-state index is 0.226. The van der Waals surface area contributed by atoms with E-state index in [9.17, 15) is 0 Å². The molecule has 8 rings (SSSR count). The molecule has 0 unspecified atom stereocenters. The summed E-state index contributed by atoms with van der Waals surface area (Å²) in [4.78, 5) is 27.4. The number of pyridine rings is 4. The molecule has 6 nitrogen and oxygen atoms in total. The van der Waals surface area contributed by atoms with Crippen LogP contribution in [0.5, 0.6) is 0 Å². The van der Waals surface area contributed by atoms with Crippen LogP contribution in [0.3, 0.4) is 0 Å². The van der Waals surface area contributed by atoms with E-state index in [4.69, 9.17) is 29.4 Å². The van der Waals surface area contributed by atoms with Gasteiger partial charge >= 0.3 is 34.5 Å². The molecule has 0 aliphatic heterocycles. The zero-order valence-corrected chi connectivity index (χ0v) is 23.3. The van der Waals surface area contributed by atoms with Crippen molar-refractivity contribution in [2.45, 2.75) is 0 Å². The minimum Gasteiger partial charge on any atom is -0.254 e. The van der Waals surface area contributed by atoms with Gasteiger partial charge in [-0.15, -0.1) is 0 Å². The van der Waals surface area contributed by atoms with Crippen molar-refractivity contribution in [3.05, 3.63) is 110 Å². The number of hydrogen-bond acceptors (Lipinski definition) is 6. The van der Waals surface area contributed by atoms with Crippen molar-refractivity contribution in [2.75, 3.05) is 0 Å². The van der Waals surface area contributed by atoms with Crippen LogP contribution in [-0.4, -0.2) is 29.9 Å². The molecule has 0 bridgehead atoms. The molecule has 5 heterocycles. The van der Waals surface area contributed by atoms with E-state index in [0.29, 0.717) is 0 Å². The summed E-state index contributed by atoms with van der Waals surface area (Å²) < 4.78 is 0. The first-order chi connectivity index (χ1) is 19.3. The van der Waals surface area contributed by atoms with Gasteiger partial charge in [0.15, 0.2) is 0 Å². The normalized spacial score (nSPS) is 11.0. The molecule has 0 aliphatic carbocycles. The molecular formula is C30H18Cl2N6Rh. The number of halogens is 2. The molecule has 9 heteroatoms. The van der Waals surface area contributed by atoms with Crippen LogP contribution in [-0.2, 0) is 15.1 Å². The quantitative estimate of drug-likeness (QED) is 0.0953. The number of nitrogens with zero attached hydrogens (tertiary/aromatic N) is 6. The molecule has 5 aromatic heterocycles. The van der Waals surface area contributed by atoms with Gasteiger partial charge in [-0.3, -0.25) is 19.9 Å². The van der Waals surface area contributed by atoms with E-state index in [-0.39, 0.29) is 15.1 Å². The van der Waals surface area contributed by atoms with Crippen LogP contribution in [0.15, 0.2) is 110 Å². The van der Waals surface area contributed by atoms with E-state index in [1.807, 2.05) is 60.7 Å². The maximum Gasteiger partial charge on any atom is 0.0996 e. The first-order valence-corrected chi connectivity index (χ1v) is 16.1. The fourth-order valence-corrected chi connectivity index (χ4v) is 4.63. The van der Waals surface area contributed by atoms with Gasteiger partial charge in [0.1, 0.15) is 0 Å². The molecule has 0 amide bonds. The van der Waals surface area contributed by atoms with Crippen molar-refractivity contribution >= 4 is 85.1 Å². The molecule has 0 aliphatic rings. The Labute approximate surface area is 238 Å². The standard InChI is InChI=1S/C18H10N4.C12H8N2.2ClH.Rh/c1-2-8-14-13(7-1)21-17-11-5-3-9-19-15(11)16-12(18(17)22-14)6-4-10-20-16;1-3-9-5-6-10-4-2-8-14-12(10)11(9)13-7-1;;;/h1-10H;1-8H;2*1H;/q;;;;+2/p-2. The second-order valence-electron chi connectivity index (χ2n) is 8.47. The smallest absolute Gasteiger partial charge is 0.0996 e. The van der Waals surface area contributed by atoms with Gasteiger partial charge in [0, 0.05) is 46.3 Å². The van der Waals surface area contributed by atoms with Gasteiger partial charge in [-0.2, -0.15) is 0 Å². The average Bonchev–Trinajstić information content (AvgIpc) is 3.01. The second-order valence-corrected chi connectivity index (χ2v) is 11.0. The minimum atomic E-state index is -0.226. The summed E-state index contributed by atoms with van der Waals surface area (Å²) in [5.41, 5.74) is 7.23. The van der Waals surface area contributed by atoms with E-state index < -0.39 is 0 Å². The number of aromatic nitrogens is 6. The van der Waals surface area contributed by atoms with Gasteiger partial charge in [-0.05, 0) is 48.5 Å². The van der Waals surface area contributed by atoms with Crippen molar-refractivity contribution in [2.24, 2.45) is 0 Å². The molecule has 8 aromatic rings. The van der Waals surface area contributed by atoms with Gasteiger partial charge in [-0.25, -0.2) is 9.97 Å². The largest absolute Gasteiger partial charge is 0.254 e. The molecule has 0 saturated heterocycles. The average molecular weight is 636 g/mol. The monoisotopic (exact) mass is 635 g/mol. The summed E-state index contributed by atoms with van der Waals surface area (Å²) in [6.45, 7) is 0. The summed E-state index contributed by atoms with van der Waals surface area (Å²) in [5, 5.41) is 4.25. The van der Waals surface area contributed by atoms with E-state index in [2.05, 4.69) is 44.2 Å². The number of para-hydroxylation sites is 2. The van der Waals surface area contributed by atoms with E-state index in [1.54, 1.807) is 24.8 Å². The van der Waals surface area contributed by atoms with Crippen LogP contribution in [0.1, 0.15) is 0 Å². The molecule has 0 saturated carbocycles. The molecule has 0 radical (unpaired) electrons. The topological polar surface area (TPSA) is 77.3 Å². The van der Waals surface area contributed by atoms with Crippen LogP contribution >= 0.6 is 19.4 Å². The van der Waals surface area contributed by atoms with Crippen molar-refractivity contribution in [1.29, 1.82) is 0 Å². The van der Waals surface area contributed by atoms with Crippen LogP contribution < -0.4 is 0 Å². The van der Waals surface area contributed by atoms with Gasteiger partial charge in [0.2, 0.25) is 0 Å². The van der Waals surface area contributed by atoms with Gasteiger partial charge in [-0.1, -0.05) is 36.4 Å². The first-order valence-electron chi connectivity index (χ1n) is 11.9. The molecule has 191 valence electrons. The van der Waals surface area contributed by atoms with E-state index in [0.717, 1.165) is 65.7 Å². The molecule has 39 heavy (non-hydrogen) atoms. The van der Waals surface area contributed by atoms with Crippen molar-refractivity contribution in [1.82, 2.24) is 29.9 Å². The SMILES string of the molecule is [Cl][Rh][Cl].c1ccc2nc3c4cccnc4c4ncccc4c3nc2c1.c1cnc2c(c1)ccc1cccnc12. The molecular weight excluding hydrogens is 618 g/mol. The predicted molar refractivity (Wildman–Crippen MR) is 156 cm³/mol. The summed E-state index contributed by atoms with van der Waals surface area (Å²) in [6.07, 6.45) is 7.18. The summed E-state index contributed by atoms with van der Waals surface area (Å²) in [5.74, 6) is 0. The van der Waals surface area contributed by atoms with E-state index >= 15 is 0 Å². The Morgan fingerprint density at radius 3 is 1.23 bits per heavy atom. The Morgan fingerprint density at radius 2 is 0.795 bits per heavy atom. The van der Waals surface area contributed by atoms with E-state index in [1.165, 1.54) is 0 Å². The fourth-order valence-electron chi connectivity index (χ4n) is 4.63. The Kier molecular flexibility index (Phi) is 7.46. The third kappa shape index (κ3) is 4.97. The van der Waals surface area contributed by atoms with Crippen LogP contribution in [0.25, 0.3) is 65.7 Å². The van der Waals surface area contributed by atoms with Crippen LogP contribution in [0, 0.1) is 0 Å². The zero-order chi connectivity index (χ0) is 26.6. The van der Waals surface area contributed by atoms with Crippen LogP contribution in [0.4, 0.5) is 0 Å². The van der Waals surface area contributed by atoms with Crippen LogP contribution in [0.2, 0.25) is 0 Å². The maximum atomic E-state index is 4.83. The number of hydrogen-bond donors (Lipinski definition) is 0. The summed E-state index contributed by atoms with van der Waals surface area (Å²) in [7, 11) is 9.67. The number of rotatable bonds is 0. The maximum absolute atomic E-state index is 4.83. The second kappa shape index (κ2) is 11.5. The van der Waals surface area contributed by atoms with Gasteiger partial charge in [0.05, 0.1) is 44.1 Å². The molecule has 3 aromatic carbocycles. The van der Waals surface area contributed by atoms with Gasteiger partial charge < -0.3 is 0 Å². The van der Waals surface area contributed by atoms with Gasteiger partial charge in [0.25, 0.3) is 0 Å². The Balaban J connectivity index is 0.000000140. The molecule has 0 spiro atoms.